The molecule has 3 aromatic heterocycles. The average Bonchev–Trinajstić information content (AvgIpc) is 1.52. The highest BCUT2D eigenvalue weighted by Crippen LogP contribution is 2.68. The third-order valence-electron chi connectivity index (χ3n) is 15.9. The lowest BCUT2D eigenvalue weighted by Gasteiger charge is -2.26. The number of rotatable bonds is 23. The van der Waals surface area contributed by atoms with Gasteiger partial charge in [0, 0.05) is 52.5 Å². The summed E-state index contributed by atoms with van der Waals surface area (Å²) < 4.78 is 231. The molecule has 1 saturated carbocycles. The minimum Gasteiger partial charge on any atom is -0.460 e. The van der Waals surface area contributed by atoms with E-state index in [0.29, 0.717) is 12.3 Å². The van der Waals surface area contributed by atoms with E-state index in [1.807, 2.05) is 0 Å². The normalized spacial score (nSPS) is 16.4. The van der Waals surface area contributed by atoms with Crippen LogP contribution in [0.5, 0.6) is 5.75 Å². The predicted octanol–water partition coefficient (Wildman–Crippen LogP) is 10.8. The zero-order chi connectivity index (χ0) is 75.8. The monoisotopic (exact) mass is 1510 g/mol. The van der Waals surface area contributed by atoms with Gasteiger partial charge in [-0.25, -0.2) is 44.3 Å². The van der Waals surface area contributed by atoms with Crippen LogP contribution < -0.4 is 19.5 Å². The number of phosphoric acid groups is 1. The predicted molar refractivity (Wildman–Crippen MR) is 344 cm³/mol. The number of esters is 2. The van der Waals surface area contributed by atoms with E-state index in [9.17, 15) is 68.3 Å². The van der Waals surface area contributed by atoms with E-state index in [-0.39, 0.29) is 48.0 Å². The van der Waals surface area contributed by atoms with Crippen LogP contribution in [0.25, 0.3) is 22.0 Å². The molecule has 37 heteroatoms. The molecule has 5 atom stereocenters. The topological polar surface area (TPSA) is 315 Å². The number of halogens is 11. The Morgan fingerprint density at radius 1 is 0.842 bits per heavy atom. The van der Waals surface area contributed by atoms with Crippen molar-refractivity contribution in [2.24, 2.45) is 5.92 Å². The van der Waals surface area contributed by atoms with Crippen LogP contribution in [0.1, 0.15) is 155 Å². The summed E-state index contributed by atoms with van der Waals surface area (Å²) in [7, 11) is -14.5. The lowest BCUT2D eigenvalue weighted by molar-refractivity contribution is -0.164. The standard InChI is InChI=1S/C64H68ClF10N8O15PS2/c1-31-19-34(57(87)78-45(58(88)97-60(6,7)8)27-48(86)96-59(3,4)5)24-46(98-99(89,90)91)49(31)32(2)20-38(84)28-83(101(12,94)95)56-51-43(65)16-15-40(53(51)82(80-56)30-62(68,69)70)39-14-13-37(17-18-61(9,10)100(11,92)93)76-52(39)44(23-33-21-35(66)25-36(67)22-33)77-47(85)29-81-55-50(54(79-81)64(73,74)75)41-26-42(41)63(55,71)72/h13-16,19,21-22,24-25,32,41-42,44-45H,20,23,26-30H2,1-12H3,(H,77,85)(H,78,87)(H2,89,90,91)/t32?,41-,42+,44-,45-/m0/s1. The first-order valence-electron chi connectivity index (χ1n) is 30.5. The van der Waals surface area contributed by atoms with E-state index in [1.54, 1.807) is 20.8 Å². The molecule has 2 aliphatic rings. The number of hydrogen-bond donors (Lipinski definition) is 4. The fourth-order valence-corrected chi connectivity index (χ4v) is 13.2. The lowest BCUT2D eigenvalue weighted by atomic mass is 9.89. The molecule has 0 bridgehead atoms. The quantitative estimate of drug-likeness (QED) is 0.0200. The molecule has 2 aliphatic carbocycles. The van der Waals surface area contributed by atoms with Gasteiger partial charge in [0.1, 0.15) is 63.9 Å². The zero-order valence-corrected chi connectivity index (χ0v) is 59.1. The number of phosphoric ester groups is 1. The number of benzene rings is 3. The molecule has 1 fully saturated rings. The van der Waals surface area contributed by atoms with Crippen molar-refractivity contribution in [1.82, 2.24) is 35.2 Å². The van der Waals surface area contributed by atoms with Gasteiger partial charge in [0.05, 0.1) is 46.9 Å². The van der Waals surface area contributed by atoms with Gasteiger partial charge >= 0.3 is 32.1 Å². The summed E-state index contributed by atoms with van der Waals surface area (Å²) in [6, 6.07) is 4.73. The van der Waals surface area contributed by atoms with Crippen molar-refractivity contribution in [1.29, 1.82) is 0 Å². The number of sulfone groups is 1. The molecule has 3 heterocycles. The number of ether oxygens (including phenoxy) is 2. The van der Waals surface area contributed by atoms with Gasteiger partial charge in [-0.3, -0.25) is 38.3 Å². The summed E-state index contributed by atoms with van der Waals surface area (Å²) in [6.07, 6.45) is -11.8. The third-order valence-corrected chi connectivity index (χ3v) is 19.7. The summed E-state index contributed by atoms with van der Waals surface area (Å²) in [5.74, 6) is -12.5. The number of ketones is 1. The summed E-state index contributed by atoms with van der Waals surface area (Å²) >= 11 is 6.84. The van der Waals surface area contributed by atoms with Crippen molar-refractivity contribution in [3.63, 3.8) is 0 Å². The molecular weight excluding hydrogens is 1440 g/mol. The van der Waals surface area contributed by atoms with E-state index < -0.39 is 233 Å². The first-order valence-corrected chi connectivity index (χ1v) is 36.1. The fraction of sp³-hybridized carbons (Fsp3) is 0.469. The number of fused-ring (bicyclic) bond motifs is 4. The van der Waals surface area contributed by atoms with Gasteiger partial charge in [-0.1, -0.05) is 30.5 Å². The van der Waals surface area contributed by atoms with Crippen LogP contribution >= 0.6 is 19.4 Å². The van der Waals surface area contributed by atoms with Gasteiger partial charge in [0.15, 0.2) is 27.1 Å². The van der Waals surface area contributed by atoms with Crippen LogP contribution in [-0.2, 0) is 84.7 Å². The van der Waals surface area contributed by atoms with Gasteiger partial charge in [0.2, 0.25) is 15.9 Å². The Hall–Kier alpha value is -8.16. The number of hydrogen-bond acceptors (Lipinski definition) is 16. The minimum atomic E-state index is -5.57. The molecule has 101 heavy (non-hydrogen) atoms. The van der Waals surface area contributed by atoms with E-state index in [1.165, 1.54) is 48.5 Å². The number of pyridine rings is 1. The van der Waals surface area contributed by atoms with Crippen LogP contribution in [0, 0.1) is 36.3 Å². The molecule has 0 aliphatic heterocycles. The highest BCUT2D eigenvalue weighted by atomic mass is 35.5. The van der Waals surface area contributed by atoms with Gasteiger partial charge in [-0.2, -0.15) is 45.3 Å². The molecule has 0 saturated heterocycles. The van der Waals surface area contributed by atoms with Crippen LogP contribution in [0.15, 0.2) is 54.6 Å². The van der Waals surface area contributed by atoms with E-state index in [2.05, 4.69) is 37.7 Å². The number of aromatic nitrogens is 5. The number of nitrogens with zero attached hydrogens (tertiary/aromatic N) is 6. The maximum atomic E-state index is 15.8. The number of anilines is 1. The molecule has 4 N–H and O–H groups in total. The first-order chi connectivity index (χ1) is 46.0. The highest BCUT2D eigenvalue weighted by molar-refractivity contribution is 7.92. The van der Waals surface area contributed by atoms with Gasteiger partial charge in [-0.05, 0) is 147 Å². The molecule has 548 valence electrons. The Labute approximate surface area is 577 Å². The maximum Gasteiger partial charge on any atom is 0.524 e. The number of sulfonamides is 1. The van der Waals surface area contributed by atoms with Gasteiger partial charge in [0.25, 0.3) is 11.8 Å². The first kappa shape index (κ1) is 78.6. The Balaban J connectivity index is 1.24. The van der Waals surface area contributed by atoms with Crippen molar-refractivity contribution in [3.8, 4) is 28.7 Å². The van der Waals surface area contributed by atoms with Gasteiger partial charge < -0.3 is 24.6 Å². The number of aryl methyl sites for hydroxylation is 1. The van der Waals surface area contributed by atoms with Crippen LogP contribution in [-0.4, -0.2) is 128 Å². The molecule has 6 aromatic rings. The average molecular weight is 1510 g/mol. The SMILES string of the molecule is Cc1cc(C(=O)N[C@@H](CC(=O)OC(C)(C)C)C(=O)OC(C)(C)C)cc(OP(=O)(O)O)c1C(C)CC(=O)CN(c1nn(CC(F)(F)F)c2c(-c3ccc(C#CC(C)(C)S(C)(=O)=O)nc3[C@H](Cc3cc(F)cc(F)c3)NC(=O)Cn3nc(C(F)(F)F)c4c3C(F)(F)[C@@H]3C[C@H]43)ccc(Cl)c12)S(C)(=O)=O. The number of carbonyl (C=O) groups is 5. The lowest BCUT2D eigenvalue weighted by Crippen LogP contribution is -2.46. The number of carbonyl (C=O) groups excluding carboxylic acids is 5. The molecule has 0 spiro atoms. The summed E-state index contributed by atoms with van der Waals surface area (Å²) in [4.78, 5) is 93.9. The smallest absolute Gasteiger partial charge is 0.460 e. The summed E-state index contributed by atoms with van der Waals surface area (Å²) in [5.41, 5.74) is -9.18. The van der Waals surface area contributed by atoms with Gasteiger partial charge in [-0.15, -0.1) is 0 Å². The van der Waals surface area contributed by atoms with Crippen molar-refractivity contribution in [2.45, 2.75) is 166 Å². The largest absolute Gasteiger partial charge is 0.524 e. The molecule has 8 rings (SSSR count). The zero-order valence-electron chi connectivity index (χ0n) is 55.8. The second-order valence-corrected chi connectivity index (χ2v) is 33.1. The highest BCUT2D eigenvalue weighted by Gasteiger charge is 2.68. The van der Waals surface area contributed by atoms with Crippen LogP contribution in [0.4, 0.5) is 49.7 Å². The molecule has 2 amide bonds. The third kappa shape index (κ3) is 18.7. The summed E-state index contributed by atoms with van der Waals surface area (Å²) in [5, 5.41) is 11.1. The fourth-order valence-electron chi connectivity index (χ4n) is 11.5. The number of Topliss-reactive ketones (excluding diaryl/α,β-unsaturated/α-hetero) is 1. The molecule has 1 unspecified atom stereocenters. The van der Waals surface area contributed by atoms with Crippen molar-refractivity contribution >= 4 is 85.5 Å². The molecule has 3 aromatic carbocycles. The Morgan fingerprint density at radius 2 is 1.46 bits per heavy atom. The van der Waals surface area contributed by atoms with Crippen LogP contribution in [0.3, 0.4) is 0 Å². The number of alkyl halides is 8. The van der Waals surface area contributed by atoms with E-state index >= 15 is 30.7 Å². The second-order valence-electron chi connectivity index (χ2n) is 27.1. The minimum absolute atomic E-state index is 0.00320. The summed E-state index contributed by atoms with van der Waals surface area (Å²) in [6.45, 7) is 9.51. The van der Waals surface area contributed by atoms with Crippen molar-refractivity contribution in [3.05, 3.63) is 122 Å². The Kier molecular flexibility index (Phi) is 21.7. The van der Waals surface area contributed by atoms with E-state index in [0.717, 1.165) is 54.8 Å². The van der Waals surface area contributed by atoms with Crippen molar-refractivity contribution < 1.29 is 113 Å². The van der Waals surface area contributed by atoms with Crippen molar-refractivity contribution in [2.75, 3.05) is 23.4 Å². The van der Waals surface area contributed by atoms with Crippen LogP contribution in [0.2, 0.25) is 5.02 Å². The molecule has 0 radical (unpaired) electrons. The van der Waals surface area contributed by atoms with E-state index in [4.69, 9.17) is 25.6 Å². The maximum absolute atomic E-state index is 15.8. The number of amides is 2. The number of nitrogens with one attached hydrogen (secondary N) is 2. The molecular formula is C64H68ClF10N8O15PS2. The Morgan fingerprint density at radius 3 is 2.02 bits per heavy atom. The molecule has 23 nitrogen and oxygen atoms in total. The Bertz CT molecular complexity index is 4690. The second kappa shape index (κ2) is 27.9.